The molecule has 5 heteroatoms. The predicted molar refractivity (Wildman–Crippen MR) is 72.5 cm³/mol. The molecule has 1 aromatic carbocycles. The van der Waals surface area contributed by atoms with Gasteiger partial charge in [0, 0.05) is 29.7 Å². The van der Waals surface area contributed by atoms with Crippen molar-refractivity contribution in [2.24, 2.45) is 0 Å². The van der Waals surface area contributed by atoms with E-state index in [1.807, 2.05) is 29.6 Å². The third-order valence-electron chi connectivity index (χ3n) is 2.95. The predicted octanol–water partition coefficient (Wildman–Crippen LogP) is 1.82. The number of amides is 1. The van der Waals surface area contributed by atoms with Crippen LogP contribution in [0.2, 0.25) is 0 Å². The fourth-order valence-corrected chi connectivity index (χ4v) is 2.30. The number of benzene rings is 1. The molecule has 0 radical (unpaired) electrons. The highest BCUT2D eigenvalue weighted by atomic mass is 127. The first-order valence-electron chi connectivity index (χ1n) is 5.51. The molecule has 1 amide bonds. The molecule has 17 heavy (non-hydrogen) atoms. The van der Waals surface area contributed by atoms with Crippen LogP contribution in [-0.2, 0) is 0 Å². The first kappa shape index (κ1) is 12.8. The van der Waals surface area contributed by atoms with E-state index in [2.05, 4.69) is 4.90 Å². The number of carbonyl (C=O) groups is 1. The maximum Gasteiger partial charge on any atom is 0.256 e. The molecule has 1 saturated heterocycles. The normalized spacial score (nSPS) is 17.2. The molecule has 0 N–H and O–H groups in total. The summed E-state index contributed by atoms with van der Waals surface area (Å²) in [5, 5.41) is 0. The van der Waals surface area contributed by atoms with E-state index in [9.17, 15) is 9.18 Å². The Labute approximate surface area is 114 Å². The highest BCUT2D eigenvalue weighted by molar-refractivity contribution is 14.1. The highest BCUT2D eigenvalue weighted by Gasteiger charge is 2.22. The molecule has 0 atom stereocenters. The second-order valence-electron chi connectivity index (χ2n) is 4.22. The molecule has 1 aliphatic rings. The minimum atomic E-state index is -0.430. The second-order valence-corrected chi connectivity index (χ2v) is 5.47. The summed E-state index contributed by atoms with van der Waals surface area (Å²) in [6, 6.07) is 4.72. The number of hydrogen-bond donors (Lipinski definition) is 0. The average molecular weight is 348 g/mol. The molecule has 1 aliphatic heterocycles. The van der Waals surface area contributed by atoms with Crippen molar-refractivity contribution in [3.8, 4) is 0 Å². The number of halogens is 2. The highest BCUT2D eigenvalue weighted by Crippen LogP contribution is 2.15. The number of hydrogen-bond acceptors (Lipinski definition) is 2. The van der Waals surface area contributed by atoms with E-state index in [-0.39, 0.29) is 11.5 Å². The summed E-state index contributed by atoms with van der Waals surface area (Å²) in [7, 11) is 2.02. The van der Waals surface area contributed by atoms with Gasteiger partial charge in [-0.2, -0.15) is 0 Å². The molecule has 0 spiro atoms. The summed E-state index contributed by atoms with van der Waals surface area (Å²) < 4.78 is 14.5. The molecule has 0 aromatic heterocycles. The SMILES string of the molecule is CN1CCN(C(=O)c2ccc(I)cc2F)CC1. The van der Waals surface area contributed by atoms with E-state index in [0.717, 1.165) is 16.7 Å². The lowest BCUT2D eigenvalue weighted by Crippen LogP contribution is -2.47. The van der Waals surface area contributed by atoms with Crippen LogP contribution in [0.4, 0.5) is 4.39 Å². The van der Waals surface area contributed by atoms with Crippen molar-refractivity contribution in [3.63, 3.8) is 0 Å². The van der Waals surface area contributed by atoms with Crippen molar-refractivity contribution in [3.05, 3.63) is 33.1 Å². The minimum Gasteiger partial charge on any atom is -0.336 e. The minimum absolute atomic E-state index is 0.176. The van der Waals surface area contributed by atoms with Crippen LogP contribution in [-0.4, -0.2) is 48.9 Å². The van der Waals surface area contributed by atoms with Gasteiger partial charge in [-0.1, -0.05) is 0 Å². The van der Waals surface area contributed by atoms with E-state index in [4.69, 9.17) is 0 Å². The molecular formula is C12H14FIN2O. The van der Waals surface area contributed by atoms with Gasteiger partial charge >= 0.3 is 0 Å². The van der Waals surface area contributed by atoms with Crippen LogP contribution in [0.1, 0.15) is 10.4 Å². The first-order chi connectivity index (χ1) is 8.08. The summed E-state index contributed by atoms with van der Waals surface area (Å²) in [5.41, 5.74) is 0.176. The van der Waals surface area contributed by atoms with Crippen molar-refractivity contribution in [1.29, 1.82) is 0 Å². The van der Waals surface area contributed by atoms with E-state index in [1.54, 1.807) is 17.0 Å². The molecule has 0 saturated carbocycles. The van der Waals surface area contributed by atoms with Crippen molar-refractivity contribution in [1.82, 2.24) is 9.80 Å². The Balaban J connectivity index is 2.14. The Hall–Kier alpha value is -0.690. The zero-order valence-corrected chi connectivity index (χ0v) is 11.8. The van der Waals surface area contributed by atoms with E-state index in [0.29, 0.717) is 13.1 Å². The quantitative estimate of drug-likeness (QED) is 0.723. The van der Waals surface area contributed by atoms with Crippen molar-refractivity contribution < 1.29 is 9.18 Å². The lowest BCUT2D eigenvalue weighted by Gasteiger charge is -2.32. The number of nitrogens with zero attached hydrogens (tertiary/aromatic N) is 2. The van der Waals surface area contributed by atoms with Gasteiger partial charge in [0.15, 0.2) is 0 Å². The molecule has 1 aromatic rings. The standard InChI is InChI=1S/C12H14FIN2O/c1-15-4-6-16(7-5-15)12(17)10-3-2-9(14)8-11(10)13/h2-3,8H,4-7H2,1H3. The maximum atomic E-state index is 13.7. The van der Waals surface area contributed by atoms with Gasteiger partial charge in [-0.15, -0.1) is 0 Å². The number of rotatable bonds is 1. The lowest BCUT2D eigenvalue weighted by molar-refractivity contribution is 0.0659. The molecule has 3 nitrogen and oxygen atoms in total. The Morgan fingerprint density at radius 3 is 2.53 bits per heavy atom. The summed E-state index contributed by atoms with van der Waals surface area (Å²) in [6.45, 7) is 3.02. The second kappa shape index (κ2) is 5.30. The fourth-order valence-electron chi connectivity index (χ4n) is 1.84. The summed E-state index contributed by atoms with van der Waals surface area (Å²) in [4.78, 5) is 16.0. The summed E-state index contributed by atoms with van der Waals surface area (Å²) >= 11 is 2.03. The molecule has 0 bridgehead atoms. The molecule has 0 unspecified atom stereocenters. The zero-order valence-electron chi connectivity index (χ0n) is 9.62. The van der Waals surface area contributed by atoms with Gasteiger partial charge in [0.2, 0.25) is 0 Å². The first-order valence-corrected chi connectivity index (χ1v) is 6.58. The summed E-state index contributed by atoms with van der Waals surface area (Å²) in [5.74, 6) is -0.632. The summed E-state index contributed by atoms with van der Waals surface area (Å²) in [6.07, 6.45) is 0. The monoisotopic (exact) mass is 348 g/mol. The number of piperazine rings is 1. The van der Waals surface area contributed by atoms with Gasteiger partial charge in [0.25, 0.3) is 5.91 Å². The van der Waals surface area contributed by atoms with E-state index in [1.165, 1.54) is 6.07 Å². The van der Waals surface area contributed by atoms with Gasteiger partial charge in [0.1, 0.15) is 5.82 Å². The Bertz CT molecular complexity index is 431. The Morgan fingerprint density at radius 1 is 1.29 bits per heavy atom. The molecule has 1 fully saturated rings. The van der Waals surface area contributed by atoms with E-state index >= 15 is 0 Å². The molecule has 0 aliphatic carbocycles. The largest absolute Gasteiger partial charge is 0.336 e. The van der Waals surface area contributed by atoms with E-state index < -0.39 is 5.82 Å². The third kappa shape index (κ3) is 2.95. The molecule has 1 heterocycles. The van der Waals surface area contributed by atoms with Gasteiger partial charge < -0.3 is 9.80 Å². The average Bonchev–Trinajstić information content (AvgIpc) is 2.29. The van der Waals surface area contributed by atoms with Crippen LogP contribution in [0.15, 0.2) is 18.2 Å². The van der Waals surface area contributed by atoms with Crippen LogP contribution in [0.3, 0.4) is 0 Å². The number of carbonyl (C=O) groups excluding carboxylic acids is 1. The Morgan fingerprint density at radius 2 is 1.94 bits per heavy atom. The van der Waals surface area contributed by atoms with Crippen molar-refractivity contribution in [2.75, 3.05) is 33.2 Å². The van der Waals surface area contributed by atoms with Gasteiger partial charge in [-0.25, -0.2) is 4.39 Å². The smallest absolute Gasteiger partial charge is 0.256 e. The zero-order chi connectivity index (χ0) is 12.4. The van der Waals surface area contributed by atoms with Crippen LogP contribution in [0.25, 0.3) is 0 Å². The van der Waals surface area contributed by atoms with Gasteiger partial charge in [0.05, 0.1) is 5.56 Å². The van der Waals surface area contributed by atoms with Crippen molar-refractivity contribution in [2.45, 2.75) is 0 Å². The maximum absolute atomic E-state index is 13.7. The molecule has 2 rings (SSSR count). The third-order valence-corrected chi connectivity index (χ3v) is 3.62. The fraction of sp³-hybridized carbons (Fsp3) is 0.417. The topological polar surface area (TPSA) is 23.6 Å². The number of likely N-dealkylation sites (N-methyl/N-ethyl adjacent to an activating group) is 1. The van der Waals surface area contributed by atoms with Crippen molar-refractivity contribution >= 4 is 28.5 Å². The van der Waals surface area contributed by atoms with Crippen LogP contribution >= 0.6 is 22.6 Å². The van der Waals surface area contributed by atoms with Crippen LogP contribution in [0, 0.1) is 9.39 Å². The van der Waals surface area contributed by atoms with Gasteiger partial charge in [-0.3, -0.25) is 4.79 Å². The van der Waals surface area contributed by atoms with Gasteiger partial charge in [-0.05, 0) is 47.8 Å². The van der Waals surface area contributed by atoms with Crippen LogP contribution < -0.4 is 0 Å². The molecular weight excluding hydrogens is 334 g/mol. The Kier molecular flexibility index (Phi) is 3.98. The lowest BCUT2D eigenvalue weighted by atomic mass is 10.1. The molecule has 92 valence electrons. The van der Waals surface area contributed by atoms with Crippen LogP contribution in [0.5, 0.6) is 0 Å².